The van der Waals surface area contributed by atoms with Crippen LogP contribution < -0.4 is 0 Å². The van der Waals surface area contributed by atoms with Crippen molar-refractivity contribution in [2.75, 3.05) is 0 Å². The Hall–Kier alpha value is -2.26. The van der Waals surface area contributed by atoms with Gasteiger partial charge in [0.2, 0.25) is 0 Å². The number of hydrogen-bond acceptors (Lipinski definition) is 0. The van der Waals surface area contributed by atoms with Crippen molar-refractivity contribution in [2.45, 2.75) is 26.2 Å². The van der Waals surface area contributed by atoms with E-state index in [9.17, 15) is 0 Å². The van der Waals surface area contributed by atoms with Gasteiger partial charge in [0.1, 0.15) is 0 Å². The molecule has 0 aliphatic heterocycles. The van der Waals surface area contributed by atoms with Gasteiger partial charge in [0, 0.05) is 5.92 Å². The molecule has 0 amide bonds. The lowest BCUT2D eigenvalue weighted by Gasteiger charge is -2.14. The van der Waals surface area contributed by atoms with Crippen molar-refractivity contribution < 1.29 is 0 Å². The van der Waals surface area contributed by atoms with E-state index >= 15 is 0 Å². The molecule has 100 valence electrons. The van der Waals surface area contributed by atoms with E-state index in [0.29, 0.717) is 0 Å². The largest absolute Gasteiger partial charge is 0.119 e. The second-order valence-electron chi connectivity index (χ2n) is 5.30. The minimum absolute atomic E-state index is 0.0874. The van der Waals surface area contributed by atoms with Gasteiger partial charge in [-0.15, -0.1) is 6.42 Å². The first kappa shape index (κ1) is 14.2. The van der Waals surface area contributed by atoms with Crippen molar-refractivity contribution in [1.82, 2.24) is 0 Å². The zero-order valence-electron chi connectivity index (χ0n) is 12.2. The molecule has 2 rings (SSSR count). The topological polar surface area (TPSA) is 0 Å². The number of terminal acetylenes is 1. The molecule has 20 heavy (non-hydrogen) atoms. The number of rotatable bonds is 4. The van der Waals surface area contributed by atoms with E-state index in [4.69, 9.17) is 6.42 Å². The van der Waals surface area contributed by atoms with Gasteiger partial charge >= 0.3 is 0 Å². The van der Waals surface area contributed by atoms with Crippen LogP contribution in [0.4, 0.5) is 0 Å². The lowest BCUT2D eigenvalue weighted by atomic mass is 9.90. The van der Waals surface area contributed by atoms with Crippen LogP contribution in [-0.2, 0) is 0 Å². The molecular formula is C20H20. The maximum atomic E-state index is 5.70. The highest BCUT2D eigenvalue weighted by atomic mass is 14.1. The predicted octanol–water partition coefficient (Wildman–Crippen LogP) is 5.12. The molecule has 0 aromatic heterocycles. The highest BCUT2D eigenvalue weighted by Gasteiger charge is 2.11. The Kier molecular flexibility index (Phi) is 4.43. The molecule has 0 fully saturated rings. The zero-order chi connectivity index (χ0) is 14.5. The molecule has 0 nitrogen and oxygen atoms in total. The Balaban J connectivity index is 2.14. The molecule has 2 aromatic carbocycles. The Morgan fingerprint density at radius 2 is 1.50 bits per heavy atom. The first-order valence-electron chi connectivity index (χ1n) is 6.87. The summed E-state index contributed by atoms with van der Waals surface area (Å²) in [6.07, 6.45) is 6.50. The molecule has 0 saturated carbocycles. The Bertz CT molecular complexity index is 621. The lowest BCUT2D eigenvalue weighted by molar-refractivity contribution is 0.908. The molecule has 0 heterocycles. The summed E-state index contributed by atoms with van der Waals surface area (Å²) in [6, 6.07) is 16.9. The van der Waals surface area contributed by atoms with E-state index < -0.39 is 0 Å². The summed E-state index contributed by atoms with van der Waals surface area (Å²) in [6.45, 7) is 8.36. The second kappa shape index (κ2) is 6.26. The molecule has 0 aliphatic rings. The quantitative estimate of drug-likeness (QED) is 0.669. The van der Waals surface area contributed by atoms with Crippen LogP contribution in [0.3, 0.4) is 0 Å². The smallest absolute Gasteiger partial charge is 0.0489 e. The van der Waals surface area contributed by atoms with Crippen LogP contribution in [0.5, 0.6) is 0 Å². The molecule has 0 heteroatoms. The van der Waals surface area contributed by atoms with Crippen LogP contribution in [0.2, 0.25) is 0 Å². The SMILES string of the molecule is C#CC(CC(=C)c1ccc(C)cc1)c1ccc(C)cc1. The summed E-state index contributed by atoms with van der Waals surface area (Å²) in [5.41, 5.74) is 5.96. The second-order valence-corrected chi connectivity index (χ2v) is 5.30. The van der Waals surface area contributed by atoms with Crippen LogP contribution in [0.15, 0.2) is 55.1 Å². The van der Waals surface area contributed by atoms with Gasteiger partial charge in [-0.05, 0) is 37.0 Å². The fourth-order valence-electron chi connectivity index (χ4n) is 2.23. The fraction of sp³-hybridized carbons (Fsp3) is 0.200. The maximum Gasteiger partial charge on any atom is 0.0489 e. The van der Waals surface area contributed by atoms with E-state index in [0.717, 1.165) is 12.0 Å². The summed E-state index contributed by atoms with van der Waals surface area (Å²) in [5, 5.41) is 0. The van der Waals surface area contributed by atoms with E-state index in [-0.39, 0.29) is 5.92 Å². The Morgan fingerprint density at radius 1 is 1.00 bits per heavy atom. The Labute approximate surface area is 122 Å². The van der Waals surface area contributed by atoms with Gasteiger partial charge in [0.25, 0.3) is 0 Å². The molecule has 0 spiro atoms. The van der Waals surface area contributed by atoms with Gasteiger partial charge in [0.15, 0.2) is 0 Å². The van der Waals surface area contributed by atoms with Gasteiger partial charge in [-0.1, -0.05) is 72.2 Å². The minimum Gasteiger partial charge on any atom is -0.119 e. The van der Waals surface area contributed by atoms with Crippen molar-refractivity contribution in [1.29, 1.82) is 0 Å². The lowest BCUT2D eigenvalue weighted by Crippen LogP contribution is -1.97. The maximum absolute atomic E-state index is 5.70. The van der Waals surface area contributed by atoms with Gasteiger partial charge in [-0.25, -0.2) is 0 Å². The molecule has 0 saturated heterocycles. The normalized spacial score (nSPS) is 11.7. The van der Waals surface area contributed by atoms with Crippen LogP contribution in [-0.4, -0.2) is 0 Å². The van der Waals surface area contributed by atoms with E-state index in [1.54, 1.807) is 0 Å². The minimum atomic E-state index is 0.0874. The van der Waals surface area contributed by atoms with Crippen LogP contribution >= 0.6 is 0 Å². The van der Waals surface area contributed by atoms with Crippen LogP contribution in [0, 0.1) is 26.2 Å². The average Bonchev–Trinajstić information content (AvgIpc) is 2.46. The summed E-state index contributed by atoms with van der Waals surface area (Å²) < 4.78 is 0. The first-order chi connectivity index (χ1) is 9.60. The first-order valence-corrected chi connectivity index (χ1v) is 6.87. The standard InChI is InChI=1S/C20H20/c1-5-18(20-12-8-16(3)9-13-20)14-17(4)19-10-6-15(2)7-11-19/h1,6-13,18H,4,14H2,2-3H3. The summed E-state index contributed by atoms with van der Waals surface area (Å²) in [4.78, 5) is 0. The average molecular weight is 260 g/mol. The highest BCUT2D eigenvalue weighted by Crippen LogP contribution is 2.28. The van der Waals surface area contributed by atoms with Gasteiger partial charge in [-0.2, -0.15) is 0 Å². The highest BCUT2D eigenvalue weighted by molar-refractivity contribution is 5.65. The van der Waals surface area contributed by atoms with E-state index in [1.165, 1.54) is 22.3 Å². The van der Waals surface area contributed by atoms with Gasteiger partial charge in [0.05, 0.1) is 0 Å². The number of allylic oxidation sites excluding steroid dienone is 1. The third kappa shape index (κ3) is 3.39. The summed E-state index contributed by atoms with van der Waals surface area (Å²) in [7, 11) is 0. The van der Waals surface area contributed by atoms with Crippen molar-refractivity contribution >= 4 is 5.57 Å². The molecule has 2 aromatic rings. The van der Waals surface area contributed by atoms with Crippen molar-refractivity contribution in [3.63, 3.8) is 0 Å². The van der Waals surface area contributed by atoms with E-state index in [2.05, 4.69) is 74.9 Å². The molecule has 1 atom stereocenters. The molecular weight excluding hydrogens is 240 g/mol. The third-order valence-electron chi connectivity index (χ3n) is 3.59. The number of benzene rings is 2. The van der Waals surface area contributed by atoms with Gasteiger partial charge < -0.3 is 0 Å². The van der Waals surface area contributed by atoms with Crippen molar-refractivity contribution in [2.24, 2.45) is 0 Å². The van der Waals surface area contributed by atoms with Crippen LogP contribution in [0.25, 0.3) is 5.57 Å². The Morgan fingerprint density at radius 3 is 2.00 bits per heavy atom. The molecule has 0 N–H and O–H groups in total. The van der Waals surface area contributed by atoms with E-state index in [1.807, 2.05) is 0 Å². The third-order valence-corrected chi connectivity index (χ3v) is 3.59. The summed E-state index contributed by atoms with van der Waals surface area (Å²) >= 11 is 0. The van der Waals surface area contributed by atoms with Gasteiger partial charge in [-0.3, -0.25) is 0 Å². The molecule has 0 aliphatic carbocycles. The predicted molar refractivity (Wildman–Crippen MR) is 87.6 cm³/mol. The summed E-state index contributed by atoms with van der Waals surface area (Å²) in [5.74, 6) is 2.98. The van der Waals surface area contributed by atoms with Crippen LogP contribution in [0.1, 0.15) is 34.6 Å². The monoisotopic (exact) mass is 260 g/mol. The number of aryl methyl sites for hydroxylation is 2. The molecule has 0 bridgehead atoms. The molecule has 0 radical (unpaired) electrons. The van der Waals surface area contributed by atoms with Crippen molar-refractivity contribution in [3.8, 4) is 12.3 Å². The fourth-order valence-corrected chi connectivity index (χ4v) is 2.23. The number of hydrogen-bond donors (Lipinski definition) is 0. The molecule has 1 unspecified atom stereocenters. The zero-order valence-corrected chi connectivity index (χ0v) is 12.2. The van der Waals surface area contributed by atoms with Crippen molar-refractivity contribution in [3.05, 3.63) is 77.4 Å².